The van der Waals surface area contributed by atoms with Crippen molar-refractivity contribution < 1.29 is 14.8 Å². The predicted molar refractivity (Wildman–Crippen MR) is 85.2 cm³/mol. The van der Waals surface area contributed by atoms with Crippen LogP contribution < -0.4 is 5.32 Å². The molecule has 0 fully saturated rings. The number of nitro groups is 1. The van der Waals surface area contributed by atoms with Crippen LogP contribution in [0.5, 0.6) is 0 Å². The van der Waals surface area contributed by atoms with Crippen LogP contribution in [0, 0.1) is 10.1 Å². The molecule has 0 aliphatic carbocycles. The first kappa shape index (κ1) is 15.5. The van der Waals surface area contributed by atoms with E-state index < -0.39 is 10.9 Å². The van der Waals surface area contributed by atoms with Crippen molar-refractivity contribution in [3.63, 3.8) is 0 Å². The molecule has 0 radical (unpaired) electrons. The topological polar surface area (TPSA) is 92.5 Å². The summed E-state index contributed by atoms with van der Waals surface area (Å²) in [5, 5.41) is 22.9. The lowest BCUT2D eigenvalue weighted by Gasteiger charge is -2.10. The van der Waals surface area contributed by atoms with E-state index >= 15 is 0 Å². The molecule has 2 N–H and O–H groups in total. The number of nitrogens with one attached hydrogen (secondary N) is 1. The average Bonchev–Trinajstić information content (AvgIpc) is 2.42. The van der Waals surface area contributed by atoms with Crippen LogP contribution >= 0.6 is 31.9 Å². The quantitative estimate of drug-likeness (QED) is 0.563. The summed E-state index contributed by atoms with van der Waals surface area (Å²) in [6.07, 6.45) is 0. The van der Waals surface area contributed by atoms with Gasteiger partial charge in [-0.2, -0.15) is 0 Å². The van der Waals surface area contributed by atoms with Crippen LogP contribution in [0.25, 0.3) is 0 Å². The van der Waals surface area contributed by atoms with Crippen molar-refractivity contribution in [1.82, 2.24) is 0 Å². The van der Waals surface area contributed by atoms with Gasteiger partial charge in [-0.1, -0.05) is 15.9 Å². The van der Waals surface area contributed by atoms with E-state index in [4.69, 9.17) is 5.11 Å². The lowest BCUT2D eigenvalue weighted by Crippen LogP contribution is -2.02. The highest BCUT2D eigenvalue weighted by Crippen LogP contribution is 2.33. The number of carboxylic acid groups (broad SMARTS) is 1. The Balaban J connectivity index is 2.46. The summed E-state index contributed by atoms with van der Waals surface area (Å²) in [5.41, 5.74) is 0.390. The molecular formula is C13H8Br2N2O4. The van der Waals surface area contributed by atoms with E-state index in [0.717, 1.165) is 15.0 Å². The van der Waals surface area contributed by atoms with Crippen LogP contribution in [0.2, 0.25) is 0 Å². The van der Waals surface area contributed by atoms with E-state index in [1.165, 1.54) is 12.1 Å². The molecule has 2 aromatic rings. The Morgan fingerprint density at radius 1 is 1.14 bits per heavy atom. The van der Waals surface area contributed by atoms with Crippen LogP contribution in [-0.4, -0.2) is 16.0 Å². The Morgan fingerprint density at radius 3 is 2.48 bits per heavy atom. The minimum atomic E-state index is -1.21. The third kappa shape index (κ3) is 3.59. The largest absolute Gasteiger partial charge is 0.478 e. The molecule has 8 heteroatoms. The number of nitrogens with zero attached hydrogens (tertiary/aromatic N) is 1. The van der Waals surface area contributed by atoms with Crippen LogP contribution in [0.1, 0.15) is 10.4 Å². The number of aromatic carboxylic acids is 1. The molecule has 2 rings (SSSR count). The number of nitro benzene ring substituents is 1. The molecule has 0 aliphatic heterocycles. The van der Waals surface area contributed by atoms with Gasteiger partial charge in [-0.25, -0.2) is 4.79 Å². The summed E-state index contributed by atoms with van der Waals surface area (Å²) in [5.74, 6) is -1.21. The highest BCUT2D eigenvalue weighted by molar-refractivity contribution is 9.11. The highest BCUT2D eigenvalue weighted by atomic mass is 79.9. The lowest BCUT2D eigenvalue weighted by molar-refractivity contribution is -0.383. The fourth-order valence-corrected chi connectivity index (χ4v) is 2.37. The fraction of sp³-hybridized carbons (Fsp3) is 0. The van der Waals surface area contributed by atoms with Gasteiger partial charge in [-0.15, -0.1) is 0 Å². The van der Waals surface area contributed by atoms with E-state index in [0.29, 0.717) is 5.69 Å². The summed E-state index contributed by atoms with van der Waals surface area (Å²) in [6.45, 7) is 0. The van der Waals surface area contributed by atoms with Crippen molar-refractivity contribution in [2.45, 2.75) is 0 Å². The number of hydrogen-bond donors (Lipinski definition) is 2. The zero-order valence-corrected chi connectivity index (χ0v) is 13.5. The number of carboxylic acids is 1. The maximum atomic E-state index is 11.1. The molecule has 21 heavy (non-hydrogen) atoms. The molecule has 0 atom stereocenters. The van der Waals surface area contributed by atoms with Crippen LogP contribution in [0.4, 0.5) is 17.1 Å². The second kappa shape index (κ2) is 6.23. The molecule has 6 nitrogen and oxygen atoms in total. The van der Waals surface area contributed by atoms with Gasteiger partial charge in [-0.3, -0.25) is 10.1 Å². The van der Waals surface area contributed by atoms with E-state index in [2.05, 4.69) is 37.2 Å². The zero-order chi connectivity index (χ0) is 15.6. The minimum Gasteiger partial charge on any atom is -0.478 e. The van der Waals surface area contributed by atoms with Crippen molar-refractivity contribution in [1.29, 1.82) is 0 Å². The molecule has 0 bridgehead atoms. The smallest absolute Gasteiger partial charge is 0.335 e. The minimum absolute atomic E-state index is 0.138. The average molecular weight is 416 g/mol. The van der Waals surface area contributed by atoms with Gasteiger partial charge < -0.3 is 10.4 Å². The van der Waals surface area contributed by atoms with Crippen molar-refractivity contribution in [3.8, 4) is 0 Å². The Hall–Kier alpha value is -1.93. The first-order chi connectivity index (χ1) is 9.88. The summed E-state index contributed by atoms with van der Waals surface area (Å²) in [6, 6.07) is 9.05. The zero-order valence-electron chi connectivity index (χ0n) is 10.3. The van der Waals surface area contributed by atoms with Gasteiger partial charge in [0.2, 0.25) is 0 Å². The maximum absolute atomic E-state index is 11.1. The third-order valence-electron chi connectivity index (χ3n) is 2.64. The molecule has 0 heterocycles. The predicted octanol–water partition coefficient (Wildman–Crippen LogP) is 4.56. The standard InChI is InChI=1S/C13H8Br2N2O4/c14-8-2-3-9(15)11(6-8)16-10-4-1-7(13(18)19)5-12(10)17(20)21/h1-6,16H,(H,18,19). The van der Waals surface area contributed by atoms with E-state index in [9.17, 15) is 14.9 Å². The summed E-state index contributed by atoms with van der Waals surface area (Å²) in [4.78, 5) is 21.4. The molecule has 0 aromatic heterocycles. The van der Waals surface area contributed by atoms with Crippen molar-refractivity contribution in [2.24, 2.45) is 0 Å². The van der Waals surface area contributed by atoms with Crippen molar-refractivity contribution >= 4 is 54.9 Å². The number of carbonyl (C=O) groups is 1. The SMILES string of the molecule is O=C(O)c1ccc(Nc2cc(Br)ccc2Br)c([N+](=O)[O-])c1. The monoisotopic (exact) mass is 414 g/mol. The number of rotatable bonds is 4. The van der Waals surface area contributed by atoms with Crippen LogP contribution in [-0.2, 0) is 0 Å². The number of benzene rings is 2. The summed E-state index contributed by atoms with van der Waals surface area (Å²) >= 11 is 6.66. The third-order valence-corrected chi connectivity index (χ3v) is 3.82. The lowest BCUT2D eigenvalue weighted by atomic mass is 10.1. The molecule has 0 saturated heterocycles. The molecule has 0 unspecified atom stereocenters. The van der Waals surface area contributed by atoms with E-state index in [1.54, 1.807) is 12.1 Å². The summed E-state index contributed by atoms with van der Waals surface area (Å²) in [7, 11) is 0. The van der Waals surface area contributed by atoms with Gasteiger partial charge in [0.15, 0.2) is 0 Å². The maximum Gasteiger partial charge on any atom is 0.335 e. The van der Waals surface area contributed by atoms with Gasteiger partial charge in [-0.05, 0) is 46.3 Å². The van der Waals surface area contributed by atoms with Crippen molar-refractivity contribution in [2.75, 3.05) is 5.32 Å². The van der Waals surface area contributed by atoms with Gasteiger partial charge in [0.25, 0.3) is 5.69 Å². The fourth-order valence-electron chi connectivity index (χ4n) is 1.66. The highest BCUT2D eigenvalue weighted by Gasteiger charge is 2.18. The van der Waals surface area contributed by atoms with E-state index in [-0.39, 0.29) is 16.9 Å². The molecule has 0 saturated carbocycles. The Labute approximate surface area is 136 Å². The van der Waals surface area contributed by atoms with E-state index in [1.807, 2.05) is 6.07 Å². The molecule has 0 aliphatic rings. The van der Waals surface area contributed by atoms with Crippen LogP contribution in [0.3, 0.4) is 0 Å². The Kier molecular flexibility index (Phi) is 4.59. The van der Waals surface area contributed by atoms with Crippen molar-refractivity contribution in [3.05, 3.63) is 61.0 Å². The van der Waals surface area contributed by atoms with Gasteiger partial charge >= 0.3 is 5.97 Å². The normalized spacial score (nSPS) is 10.2. The molecular weight excluding hydrogens is 408 g/mol. The Bertz CT molecular complexity index is 734. The van der Waals surface area contributed by atoms with Gasteiger partial charge in [0.1, 0.15) is 5.69 Å². The summed E-state index contributed by atoms with van der Waals surface area (Å²) < 4.78 is 1.53. The number of halogens is 2. The van der Waals surface area contributed by atoms with Gasteiger partial charge in [0.05, 0.1) is 16.2 Å². The van der Waals surface area contributed by atoms with Crippen LogP contribution in [0.15, 0.2) is 45.3 Å². The number of hydrogen-bond acceptors (Lipinski definition) is 4. The number of anilines is 2. The first-order valence-corrected chi connectivity index (χ1v) is 7.21. The second-order valence-corrected chi connectivity index (χ2v) is 5.81. The molecule has 0 spiro atoms. The first-order valence-electron chi connectivity index (χ1n) is 5.62. The van der Waals surface area contributed by atoms with Gasteiger partial charge in [0, 0.05) is 15.0 Å². The molecule has 108 valence electrons. The second-order valence-electron chi connectivity index (χ2n) is 4.04. The molecule has 2 aromatic carbocycles. The molecule has 0 amide bonds. The Morgan fingerprint density at radius 2 is 1.86 bits per heavy atom.